The zero-order chi connectivity index (χ0) is 16.1. The number of carboxylic acid groups (broad SMARTS) is 1. The van der Waals surface area contributed by atoms with Crippen LogP contribution >= 0.6 is 0 Å². The van der Waals surface area contributed by atoms with E-state index in [1.807, 2.05) is 9.58 Å². The Bertz CT molecular complexity index is 733. The van der Waals surface area contributed by atoms with Crippen molar-refractivity contribution in [2.45, 2.75) is 39.7 Å². The lowest BCUT2D eigenvalue weighted by Gasteiger charge is -2.22. The third kappa shape index (κ3) is 2.20. The fourth-order valence-electron chi connectivity index (χ4n) is 2.89. The van der Waals surface area contributed by atoms with Gasteiger partial charge in [-0.05, 0) is 34.1 Å². The van der Waals surface area contributed by atoms with E-state index in [4.69, 9.17) is 0 Å². The van der Waals surface area contributed by atoms with Crippen molar-refractivity contribution in [3.8, 4) is 0 Å². The largest absolute Gasteiger partial charge is 0.481 e. The van der Waals surface area contributed by atoms with Crippen LogP contribution in [0.15, 0.2) is 12.5 Å². The minimum absolute atomic E-state index is 0.173. The molecule has 0 amide bonds. The first-order chi connectivity index (χ1) is 10.2. The molecule has 0 saturated carbocycles. The molecule has 0 aromatic carbocycles. The molecule has 1 aliphatic heterocycles. The maximum absolute atomic E-state index is 11.4. The lowest BCUT2D eigenvalue weighted by atomic mass is 9.90. The molecule has 7 heteroatoms. The summed E-state index contributed by atoms with van der Waals surface area (Å²) < 4.78 is 1.87. The van der Waals surface area contributed by atoms with Gasteiger partial charge in [-0.2, -0.15) is 5.10 Å². The first kappa shape index (κ1) is 14.7. The van der Waals surface area contributed by atoms with Crippen molar-refractivity contribution in [3.63, 3.8) is 0 Å². The van der Waals surface area contributed by atoms with Crippen LogP contribution in [0.1, 0.15) is 34.1 Å². The van der Waals surface area contributed by atoms with Crippen molar-refractivity contribution >= 4 is 22.8 Å². The number of carbonyl (C=O) groups is 1. The molecule has 0 bridgehead atoms. The predicted octanol–water partition coefficient (Wildman–Crippen LogP) is 1.88. The third-order valence-corrected chi connectivity index (χ3v) is 4.27. The van der Waals surface area contributed by atoms with Crippen molar-refractivity contribution in [1.82, 2.24) is 19.7 Å². The van der Waals surface area contributed by atoms with Crippen LogP contribution in [0, 0.1) is 5.41 Å². The number of rotatable bonds is 2. The maximum atomic E-state index is 11.4. The van der Waals surface area contributed by atoms with E-state index in [0.717, 1.165) is 16.9 Å². The van der Waals surface area contributed by atoms with Gasteiger partial charge in [0.15, 0.2) is 5.65 Å². The van der Waals surface area contributed by atoms with E-state index < -0.39 is 11.4 Å². The van der Waals surface area contributed by atoms with Crippen molar-refractivity contribution in [2.24, 2.45) is 5.41 Å². The minimum Gasteiger partial charge on any atom is -0.481 e. The summed E-state index contributed by atoms with van der Waals surface area (Å²) >= 11 is 0. The van der Waals surface area contributed by atoms with E-state index in [2.05, 4.69) is 35.8 Å². The number of nitrogens with zero attached hydrogens (tertiary/aromatic N) is 5. The summed E-state index contributed by atoms with van der Waals surface area (Å²) in [5.41, 5.74) is -0.118. The number of hydrogen-bond donors (Lipinski definition) is 1. The van der Waals surface area contributed by atoms with Crippen LogP contribution in [0.3, 0.4) is 0 Å². The number of aromatic nitrogens is 4. The fraction of sp³-hybridized carbons (Fsp3) is 0.600. The van der Waals surface area contributed by atoms with Gasteiger partial charge in [-0.3, -0.25) is 4.79 Å². The molecular weight excluding hydrogens is 282 g/mol. The summed E-state index contributed by atoms with van der Waals surface area (Å²) in [4.78, 5) is 22.2. The topological polar surface area (TPSA) is 84.1 Å². The highest BCUT2D eigenvalue weighted by molar-refractivity contribution is 5.87. The molecular formula is C15H21N5O2. The van der Waals surface area contributed by atoms with Gasteiger partial charge in [0.25, 0.3) is 0 Å². The van der Waals surface area contributed by atoms with E-state index in [1.54, 1.807) is 13.1 Å². The van der Waals surface area contributed by atoms with Gasteiger partial charge in [-0.15, -0.1) is 0 Å². The Kier molecular flexibility index (Phi) is 3.12. The summed E-state index contributed by atoms with van der Waals surface area (Å²) in [5, 5.41) is 14.7. The normalized spacial score (nSPS) is 22.5. The summed E-state index contributed by atoms with van der Waals surface area (Å²) in [6.45, 7) is 9.12. The van der Waals surface area contributed by atoms with Crippen molar-refractivity contribution < 1.29 is 9.90 Å². The van der Waals surface area contributed by atoms with Crippen LogP contribution in [0.25, 0.3) is 11.0 Å². The van der Waals surface area contributed by atoms with Crippen LogP contribution < -0.4 is 4.90 Å². The second-order valence-electron chi connectivity index (χ2n) is 7.20. The SMILES string of the molecule is CC1(C(=O)O)CCN(c2ncnc3c2cnn3C(C)(C)C)C1. The molecule has 3 rings (SSSR count). The highest BCUT2D eigenvalue weighted by atomic mass is 16.4. The van der Waals surface area contributed by atoms with Crippen LogP contribution in [0.5, 0.6) is 0 Å². The van der Waals surface area contributed by atoms with Gasteiger partial charge in [0, 0.05) is 13.1 Å². The smallest absolute Gasteiger partial charge is 0.311 e. The number of hydrogen-bond acceptors (Lipinski definition) is 5. The molecule has 7 nitrogen and oxygen atoms in total. The number of aliphatic carboxylic acids is 1. The third-order valence-electron chi connectivity index (χ3n) is 4.27. The summed E-state index contributed by atoms with van der Waals surface area (Å²) in [5.74, 6) is 0.0103. The Morgan fingerprint density at radius 2 is 2.09 bits per heavy atom. The second kappa shape index (κ2) is 4.66. The molecule has 3 heterocycles. The molecule has 1 N–H and O–H groups in total. The van der Waals surface area contributed by atoms with Crippen LogP contribution in [0.4, 0.5) is 5.82 Å². The zero-order valence-electron chi connectivity index (χ0n) is 13.4. The lowest BCUT2D eigenvalue weighted by Crippen LogP contribution is -2.32. The van der Waals surface area contributed by atoms with Gasteiger partial charge >= 0.3 is 5.97 Å². The van der Waals surface area contributed by atoms with Gasteiger partial charge in [-0.1, -0.05) is 0 Å². The average Bonchev–Trinajstić information content (AvgIpc) is 3.02. The Morgan fingerprint density at radius 3 is 2.68 bits per heavy atom. The Balaban J connectivity index is 2.03. The molecule has 2 aromatic rings. The van der Waals surface area contributed by atoms with Gasteiger partial charge in [0.2, 0.25) is 0 Å². The van der Waals surface area contributed by atoms with Gasteiger partial charge in [0.1, 0.15) is 12.1 Å². The molecule has 1 aliphatic rings. The molecule has 0 radical (unpaired) electrons. The first-order valence-electron chi connectivity index (χ1n) is 7.40. The lowest BCUT2D eigenvalue weighted by molar-refractivity contribution is -0.146. The second-order valence-corrected chi connectivity index (χ2v) is 7.20. The molecule has 1 unspecified atom stereocenters. The molecule has 22 heavy (non-hydrogen) atoms. The van der Waals surface area contributed by atoms with E-state index in [9.17, 15) is 9.90 Å². The van der Waals surface area contributed by atoms with Gasteiger partial charge in [-0.25, -0.2) is 14.6 Å². The van der Waals surface area contributed by atoms with E-state index >= 15 is 0 Å². The zero-order valence-corrected chi connectivity index (χ0v) is 13.4. The molecule has 2 aromatic heterocycles. The molecule has 1 fully saturated rings. The van der Waals surface area contributed by atoms with Gasteiger partial charge < -0.3 is 10.0 Å². The fourth-order valence-corrected chi connectivity index (χ4v) is 2.89. The average molecular weight is 303 g/mol. The van der Waals surface area contributed by atoms with Gasteiger partial charge in [0.05, 0.1) is 22.5 Å². The van der Waals surface area contributed by atoms with E-state index in [0.29, 0.717) is 19.5 Å². The summed E-state index contributed by atoms with van der Waals surface area (Å²) in [7, 11) is 0. The summed E-state index contributed by atoms with van der Waals surface area (Å²) in [6.07, 6.45) is 3.91. The predicted molar refractivity (Wildman–Crippen MR) is 82.9 cm³/mol. The highest BCUT2D eigenvalue weighted by Gasteiger charge is 2.41. The molecule has 118 valence electrons. The quantitative estimate of drug-likeness (QED) is 0.912. The first-order valence-corrected chi connectivity index (χ1v) is 7.40. The maximum Gasteiger partial charge on any atom is 0.311 e. The minimum atomic E-state index is -0.759. The summed E-state index contributed by atoms with van der Waals surface area (Å²) in [6, 6.07) is 0. The van der Waals surface area contributed by atoms with Crippen LogP contribution in [-0.4, -0.2) is 43.9 Å². The van der Waals surface area contributed by atoms with Crippen molar-refractivity contribution in [1.29, 1.82) is 0 Å². The van der Waals surface area contributed by atoms with E-state index in [1.165, 1.54) is 6.33 Å². The van der Waals surface area contributed by atoms with Crippen molar-refractivity contribution in [2.75, 3.05) is 18.0 Å². The Labute approximate surface area is 129 Å². The molecule has 1 saturated heterocycles. The molecule has 1 atom stereocenters. The van der Waals surface area contributed by atoms with Crippen LogP contribution in [0.2, 0.25) is 0 Å². The number of carboxylic acids is 1. The van der Waals surface area contributed by atoms with Crippen LogP contribution in [-0.2, 0) is 10.3 Å². The monoisotopic (exact) mass is 303 g/mol. The standard InChI is InChI=1S/C15H21N5O2/c1-14(2,3)20-12-10(7-18-20)11(16-9-17-12)19-6-5-15(4,8-19)13(21)22/h7,9H,5-6,8H2,1-4H3,(H,21,22). The van der Waals surface area contributed by atoms with Crippen molar-refractivity contribution in [3.05, 3.63) is 12.5 Å². The number of fused-ring (bicyclic) bond motifs is 1. The molecule has 0 aliphatic carbocycles. The Hall–Kier alpha value is -2.18. The highest BCUT2D eigenvalue weighted by Crippen LogP contribution is 2.35. The Morgan fingerprint density at radius 1 is 1.36 bits per heavy atom. The number of anilines is 1. The molecule has 0 spiro atoms. The van der Waals surface area contributed by atoms with E-state index in [-0.39, 0.29) is 5.54 Å².